The second-order valence-corrected chi connectivity index (χ2v) is 11.8. The summed E-state index contributed by atoms with van der Waals surface area (Å²) in [6.07, 6.45) is 0.511. The molecule has 2 aromatic heterocycles. The van der Waals surface area contributed by atoms with Crippen LogP contribution in [0.1, 0.15) is 50.9 Å². The molecule has 0 aliphatic rings. The number of methoxy groups -OCH3 is 1. The van der Waals surface area contributed by atoms with Gasteiger partial charge in [-0.2, -0.15) is 5.10 Å². The van der Waals surface area contributed by atoms with Crippen LogP contribution in [-0.2, 0) is 23.2 Å². The monoisotopic (exact) mass is 644 g/mol. The fourth-order valence-corrected chi connectivity index (χ4v) is 6.68. The predicted octanol–water partition coefficient (Wildman–Crippen LogP) is 7.75. The van der Waals surface area contributed by atoms with Crippen molar-refractivity contribution in [1.29, 1.82) is 0 Å². The number of hydrogen-bond acceptors (Lipinski definition) is 6. The van der Waals surface area contributed by atoms with E-state index in [-0.39, 0.29) is 5.97 Å². The lowest BCUT2D eigenvalue weighted by molar-refractivity contribution is 0.0598. The van der Waals surface area contributed by atoms with Crippen molar-refractivity contribution in [2.75, 3.05) is 7.11 Å². The van der Waals surface area contributed by atoms with Gasteiger partial charge in [-0.3, -0.25) is 4.68 Å². The number of nitrogens with zero attached hydrogens (tertiary/aromatic N) is 6. The second kappa shape index (κ2) is 13.5. The molecule has 0 atom stereocenters. The van der Waals surface area contributed by atoms with Crippen molar-refractivity contribution < 1.29 is 9.53 Å². The fourth-order valence-electron chi connectivity index (χ4n) is 6.68. The van der Waals surface area contributed by atoms with E-state index in [0.717, 1.165) is 44.6 Å². The summed E-state index contributed by atoms with van der Waals surface area (Å²) in [7, 11) is 1.40. The minimum Gasteiger partial charge on any atom is -0.465 e. The molecule has 0 saturated carbocycles. The second-order valence-electron chi connectivity index (χ2n) is 11.8. The third-order valence-electron chi connectivity index (χ3n) is 9.06. The van der Waals surface area contributed by atoms with Crippen molar-refractivity contribution in [3.63, 3.8) is 0 Å². The van der Waals surface area contributed by atoms with E-state index in [9.17, 15) is 4.79 Å². The Balaban J connectivity index is 1.28. The van der Waals surface area contributed by atoms with E-state index in [4.69, 9.17) is 20.1 Å². The number of aromatic nitrogens is 6. The molecule has 0 unspecified atom stereocenters. The molecule has 7 aromatic rings. The molecule has 8 heteroatoms. The van der Waals surface area contributed by atoms with Crippen LogP contribution in [0.15, 0.2) is 140 Å². The zero-order valence-corrected chi connectivity index (χ0v) is 27.7. The van der Waals surface area contributed by atoms with Gasteiger partial charge in [0.1, 0.15) is 5.56 Å². The van der Waals surface area contributed by atoms with Gasteiger partial charge in [0, 0.05) is 18.5 Å². The zero-order valence-electron chi connectivity index (χ0n) is 27.7. The summed E-state index contributed by atoms with van der Waals surface area (Å²) in [5.41, 5.74) is 8.16. The molecule has 242 valence electrons. The Kier molecular flexibility index (Phi) is 8.68. The van der Waals surface area contributed by atoms with Crippen LogP contribution < -0.4 is 0 Å². The van der Waals surface area contributed by atoms with Crippen LogP contribution in [0.4, 0.5) is 0 Å². The first-order valence-corrected chi connectivity index (χ1v) is 16.3. The average Bonchev–Trinajstić information content (AvgIpc) is 3.78. The Morgan fingerprint density at radius 3 is 1.76 bits per heavy atom. The lowest BCUT2D eigenvalue weighted by Crippen LogP contribution is -2.39. The molecular weight excluding hydrogens is 608 g/mol. The molecule has 0 aliphatic heterocycles. The van der Waals surface area contributed by atoms with Crippen LogP contribution in [-0.4, -0.2) is 43.1 Å². The summed E-state index contributed by atoms with van der Waals surface area (Å²) in [6.45, 7) is 4.59. The number of ether oxygens (including phenoxy) is 1. The van der Waals surface area contributed by atoms with Gasteiger partial charge in [0.2, 0.25) is 5.82 Å². The third kappa shape index (κ3) is 5.71. The molecule has 7 rings (SSSR count). The standard InChI is InChI=1S/C41H36N6O2/c1-4-46-29(2)38(40(48)49-3)37(43-46)28-30-24-26-31(27-25-30)35-22-14-15-23-36(35)39-42-45-47(44-39)41(32-16-8-5-9-17-32,33-18-10-6-11-19-33)34-20-12-7-13-21-34/h5-27H,4,28H2,1-3H3. The third-order valence-corrected chi connectivity index (χ3v) is 9.06. The maximum absolute atomic E-state index is 12.6. The minimum atomic E-state index is -0.863. The van der Waals surface area contributed by atoms with Gasteiger partial charge in [-0.1, -0.05) is 140 Å². The summed E-state index contributed by atoms with van der Waals surface area (Å²) >= 11 is 0. The number of rotatable bonds is 10. The molecule has 0 saturated heterocycles. The molecular formula is C41H36N6O2. The first-order chi connectivity index (χ1) is 24.0. The Bertz CT molecular complexity index is 2090. The van der Waals surface area contributed by atoms with Crippen LogP contribution >= 0.6 is 0 Å². The van der Waals surface area contributed by atoms with Crippen molar-refractivity contribution in [1.82, 2.24) is 30.0 Å². The van der Waals surface area contributed by atoms with E-state index >= 15 is 0 Å². The number of aryl methyl sites for hydroxylation is 1. The van der Waals surface area contributed by atoms with Crippen molar-refractivity contribution in [2.24, 2.45) is 0 Å². The van der Waals surface area contributed by atoms with Gasteiger partial charge in [-0.15, -0.1) is 15.0 Å². The average molecular weight is 645 g/mol. The highest BCUT2D eigenvalue weighted by Crippen LogP contribution is 2.40. The van der Waals surface area contributed by atoms with Crippen molar-refractivity contribution in [2.45, 2.75) is 32.4 Å². The van der Waals surface area contributed by atoms with Crippen molar-refractivity contribution in [3.8, 4) is 22.5 Å². The molecule has 0 bridgehead atoms. The molecule has 0 N–H and O–H groups in total. The summed E-state index contributed by atoms with van der Waals surface area (Å²) < 4.78 is 6.91. The highest BCUT2D eigenvalue weighted by atomic mass is 16.5. The maximum atomic E-state index is 12.6. The number of benzene rings is 5. The van der Waals surface area contributed by atoms with Crippen LogP contribution in [0.2, 0.25) is 0 Å². The summed E-state index contributed by atoms with van der Waals surface area (Å²) in [5, 5.41) is 19.3. The van der Waals surface area contributed by atoms with Gasteiger partial charge in [-0.25, -0.2) is 4.79 Å². The number of carbonyl (C=O) groups is 1. The molecule has 5 aromatic carbocycles. The Morgan fingerprint density at radius 1 is 0.694 bits per heavy atom. The Labute approximate surface area is 285 Å². The maximum Gasteiger partial charge on any atom is 0.341 e. The molecule has 2 heterocycles. The topological polar surface area (TPSA) is 87.7 Å². The van der Waals surface area contributed by atoms with Gasteiger partial charge in [-0.05, 0) is 52.4 Å². The number of tetrazole rings is 1. The van der Waals surface area contributed by atoms with E-state index in [1.807, 2.05) is 91.3 Å². The first kappa shape index (κ1) is 31.4. The highest BCUT2D eigenvalue weighted by molar-refractivity contribution is 5.92. The number of carbonyl (C=O) groups excluding carboxylic acids is 1. The first-order valence-electron chi connectivity index (χ1n) is 16.3. The Morgan fingerprint density at radius 2 is 1.22 bits per heavy atom. The quantitative estimate of drug-likeness (QED) is 0.112. The van der Waals surface area contributed by atoms with Crippen LogP contribution in [0.5, 0.6) is 0 Å². The summed E-state index contributed by atoms with van der Waals surface area (Å²) in [6, 6.07) is 47.4. The van der Waals surface area contributed by atoms with Gasteiger partial charge in [0.05, 0.1) is 18.5 Å². The molecule has 0 spiro atoms. The molecule has 0 aliphatic carbocycles. The lowest BCUT2D eigenvalue weighted by Gasteiger charge is -2.34. The lowest BCUT2D eigenvalue weighted by atomic mass is 9.77. The Hall–Kier alpha value is -6.15. The number of esters is 1. The predicted molar refractivity (Wildman–Crippen MR) is 190 cm³/mol. The van der Waals surface area contributed by atoms with Crippen LogP contribution in [0, 0.1) is 6.92 Å². The molecule has 0 radical (unpaired) electrons. The van der Waals surface area contributed by atoms with E-state index in [1.165, 1.54) is 7.11 Å². The smallest absolute Gasteiger partial charge is 0.341 e. The summed E-state index contributed by atoms with van der Waals surface area (Å²) in [4.78, 5) is 14.3. The molecule has 0 amide bonds. The van der Waals surface area contributed by atoms with Crippen molar-refractivity contribution >= 4 is 5.97 Å². The molecule has 0 fully saturated rings. The van der Waals surface area contributed by atoms with E-state index in [1.54, 1.807) is 4.80 Å². The van der Waals surface area contributed by atoms with Gasteiger partial charge >= 0.3 is 5.97 Å². The van der Waals surface area contributed by atoms with E-state index in [0.29, 0.717) is 30.0 Å². The van der Waals surface area contributed by atoms with Gasteiger partial charge in [0.15, 0.2) is 5.54 Å². The molecule has 49 heavy (non-hydrogen) atoms. The summed E-state index contributed by atoms with van der Waals surface area (Å²) in [5.74, 6) is 0.157. The zero-order chi connectivity index (χ0) is 33.8. The normalized spacial score (nSPS) is 11.4. The van der Waals surface area contributed by atoms with E-state index < -0.39 is 5.54 Å². The largest absolute Gasteiger partial charge is 0.465 e. The van der Waals surface area contributed by atoms with Crippen LogP contribution in [0.25, 0.3) is 22.5 Å². The highest BCUT2D eigenvalue weighted by Gasteiger charge is 2.41. The molecule has 8 nitrogen and oxygen atoms in total. The fraction of sp³-hybridized carbons (Fsp3) is 0.146. The van der Waals surface area contributed by atoms with Crippen molar-refractivity contribution in [3.05, 3.63) is 179 Å². The van der Waals surface area contributed by atoms with Gasteiger partial charge < -0.3 is 4.74 Å². The van der Waals surface area contributed by atoms with Gasteiger partial charge in [0.25, 0.3) is 0 Å². The SMILES string of the molecule is CCn1nc(Cc2ccc(-c3ccccc3-c3nnn(C(c4ccccc4)(c4ccccc4)c4ccccc4)n3)cc2)c(C(=O)OC)c1C. The minimum absolute atomic E-state index is 0.367. The van der Waals surface area contributed by atoms with E-state index in [2.05, 4.69) is 71.8 Å². The van der Waals surface area contributed by atoms with Crippen LogP contribution in [0.3, 0.4) is 0 Å². The number of hydrogen-bond donors (Lipinski definition) is 0.